The maximum atomic E-state index is 13.8. The number of para-hydroxylation sites is 1. The van der Waals surface area contributed by atoms with Crippen molar-refractivity contribution in [2.45, 2.75) is 12.0 Å². The van der Waals surface area contributed by atoms with E-state index in [0.29, 0.717) is 42.2 Å². The molecular weight excluding hydrogens is 436 g/mol. The lowest BCUT2D eigenvalue weighted by Gasteiger charge is -2.34. The third-order valence-electron chi connectivity index (χ3n) is 6.17. The van der Waals surface area contributed by atoms with Crippen molar-refractivity contribution in [3.8, 4) is 5.75 Å². The number of hydrogen-bond donors (Lipinski definition) is 1. The molecule has 0 aromatic heterocycles. The lowest BCUT2D eigenvalue weighted by molar-refractivity contribution is -0.143. The van der Waals surface area contributed by atoms with E-state index in [1.807, 2.05) is 0 Å². The van der Waals surface area contributed by atoms with Gasteiger partial charge < -0.3 is 24.4 Å². The van der Waals surface area contributed by atoms with Gasteiger partial charge in [-0.2, -0.15) is 0 Å². The van der Waals surface area contributed by atoms with Crippen LogP contribution in [0.4, 0.5) is 5.69 Å². The SMILES string of the molecule is C=CCOc1ccc(/C(O)=C2\C(=O)C(=O)N(CCCOC)C23C(=O)N(C)c2ccccc23)cc1. The number of aliphatic hydroxyl groups is 1. The van der Waals surface area contributed by atoms with Crippen LogP contribution >= 0.6 is 0 Å². The number of nitrogens with zero attached hydrogens (tertiary/aromatic N) is 2. The molecule has 2 aliphatic rings. The van der Waals surface area contributed by atoms with E-state index in [-0.39, 0.29) is 12.1 Å². The van der Waals surface area contributed by atoms with Gasteiger partial charge >= 0.3 is 0 Å². The normalized spacial score (nSPS) is 20.8. The summed E-state index contributed by atoms with van der Waals surface area (Å²) in [4.78, 5) is 43.1. The second-order valence-electron chi connectivity index (χ2n) is 8.07. The van der Waals surface area contributed by atoms with E-state index in [1.54, 1.807) is 61.7 Å². The van der Waals surface area contributed by atoms with Crippen LogP contribution < -0.4 is 9.64 Å². The van der Waals surface area contributed by atoms with Gasteiger partial charge in [0, 0.05) is 44.1 Å². The van der Waals surface area contributed by atoms with Crippen LogP contribution in [0.15, 0.2) is 66.8 Å². The average molecular weight is 463 g/mol. The smallest absolute Gasteiger partial charge is 0.296 e. The van der Waals surface area contributed by atoms with Crippen LogP contribution in [0.2, 0.25) is 0 Å². The lowest BCUT2D eigenvalue weighted by atomic mass is 9.82. The van der Waals surface area contributed by atoms with E-state index < -0.39 is 28.9 Å². The Morgan fingerprint density at radius 1 is 1.12 bits per heavy atom. The number of methoxy groups -OCH3 is 1. The highest BCUT2D eigenvalue weighted by molar-refractivity contribution is 6.50. The molecule has 1 atom stereocenters. The van der Waals surface area contributed by atoms with E-state index in [2.05, 4.69) is 6.58 Å². The molecule has 8 heteroatoms. The minimum absolute atomic E-state index is 0.109. The largest absolute Gasteiger partial charge is 0.507 e. The molecule has 2 aromatic carbocycles. The predicted octanol–water partition coefficient (Wildman–Crippen LogP) is 2.84. The highest BCUT2D eigenvalue weighted by Gasteiger charge is 2.66. The van der Waals surface area contributed by atoms with Gasteiger partial charge in [0.1, 0.15) is 18.1 Å². The number of aliphatic hydroxyl groups excluding tert-OH is 1. The second kappa shape index (κ2) is 9.15. The van der Waals surface area contributed by atoms with Crippen LogP contribution in [0.1, 0.15) is 17.5 Å². The van der Waals surface area contributed by atoms with Crippen LogP contribution in [0.25, 0.3) is 5.76 Å². The van der Waals surface area contributed by atoms with Gasteiger partial charge in [0.05, 0.1) is 5.57 Å². The number of Topliss-reactive ketones (excluding diaryl/α,β-unsaturated/α-hetero) is 1. The molecule has 2 heterocycles. The third kappa shape index (κ3) is 3.38. The summed E-state index contributed by atoms with van der Waals surface area (Å²) in [6.45, 7) is 4.37. The lowest BCUT2D eigenvalue weighted by Crippen LogP contribution is -2.51. The number of likely N-dealkylation sites (tertiary alicyclic amines) is 1. The van der Waals surface area contributed by atoms with Crippen molar-refractivity contribution in [3.63, 3.8) is 0 Å². The fourth-order valence-electron chi connectivity index (χ4n) is 4.65. The Morgan fingerprint density at radius 3 is 2.50 bits per heavy atom. The monoisotopic (exact) mass is 462 g/mol. The van der Waals surface area contributed by atoms with Crippen molar-refractivity contribution >= 4 is 29.0 Å². The van der Waals surface area contributed by atoms with Crippen molar-refractivity contribution in [1.29, 1.82) is 0 Å². The van der Waals surface area contributed by atoms with E-state index in [9.17, 15) is 19.5 Å². The minimum atomic E-state index is -1.75. The molecule has 0 bridgehead atoms. The second-order valence-corrected chi connectivity index (χ2v) is 8.07. The highest BCUT2D eigenvalue weighted by Crippen LogP contribution is 2.53. The van der Waals surface area contributed by atoms with Gasteiger partial charge in [0.25, 0.3) is 17.6 Å². The molecule has 0 radical (unpaired) electrons. The molecule has 1 saturated heterocycles. The van der Waals surface area contributed by atoms with E-state index >= 15 is 0 Å². The summed E-state index contributed by atoms with van der Waals surface area (Å²) in [7, 11) is 3.13. The Kier molecular flexibility index (Phi) is 6.26. The summed E-state index contributed by atoms with van der Waals surface area (Å²) in [5, 5.41) is 11.3. The molecule has 1 unspecified atom stereocenters. The number of anilines is 1. The summed E-state index contributed by atoms with van der Waals surface area (Å²) in [6.07, 6.45) is 2.03. The molecule has 2 aromatic rings. The molecule has 1 spiro atoms. The first-order valence-corrected chi connectivity index (χ1v) is 10.9. The number of ketones is 1. The molecule has 8 nitrogen and oxygen atoms in total. The van der Waals surface area contributed by atoms with Crippen molar-refractivity contribution < 1.29 is 29.0 Å². The third-order valence-corrected chi connectivity index (χ3v) is 6.17. The van der Waals surface area contributed by atoms with Crippen LogP contribution in [0, 0.1) is 0 Å². The van der Waals surface area contributed by atoms with Crippen molar-refractivity contribution in [2.75, 3.05) is 38.8 Å². The average Bonchev–Trinajstić information content (AvgIpc) is 3.21. The van der Waals surface area contributed by atoms with Crippen LogP contribution in [0.5, 0.6) is 5.75 Å². The predicted molar refractivity (Wildman–Crippen MR) is 126 cm³/mol. The number of fused-ring (bicyclic) bond motifs is 2. The first-order chi connectivity index (χ1) is 16.4. The molecular formula is C26H26N2O6. The Balaban J connectivity index is 1.92. The number of likely N-dealkylation sites (N-methyl/N-ethyl adjacent to an activating group) is 1. The molecule has 2 aliphatic heterocycles. The maximum Gasteiger partial charge on any atom is 0.296 e. The number of ether oxygens (including phenoxy) is 2. The Bertz CT molecular complexity index is 1190. The van der Waals surface area contributed by atoms with E-state index in [0.717, 1.165) is 0 Å². The highest BCUT2D eigenvalue weighted by atomic mass is 16.5. The van der Waals surface area contributed by atoms with Gasteiger partial charge in [-0.1, -0.05) is 30.9 Å². The van der Waals surface area contributed by atoms with Crippen molar-refractivity contribution in [3.05, 3.63) is 77.9 Å². The molecule has 1 fully saturated rings. The maximum absolute atomic E-state index is 13.8. The summed E-state index contributed by atoms with van der Waals surface area (Å²) in [5.41, 5.74) is -0.650. The molecule has 4 rings (SSSR count). The van der Waals surface area contributed by atoms with Crippen molar-refractivity contribution in [1.82, 2.24) is 4.90 Å². The van der Waals surface area contributed by atoms with Gasteiger partial charge in [0.15, 0.2) is 5.54 Å². The molecule has 0 aliphatic carbocycles. The topological polar surface area (TPSA) is 96.4 Å². The number of hydrogen-bond acceptors (Lipinski definition) is 6. The number of amides is 2. The molecule has 2 amide bonds. The summed E-state index contributed by atoms with van der Waals surface area (Å²) >= 11 is 0. The molecule has 34 heavy (non-hydrogen) atoms. The zero-order valence-electron chi connectivity index (χ0n) is 19.1. The van der Waals surface area contributed by atoms with Gasteiger partial charge in [-0.15, -0.1) is 0 Å². The van der Waals surface area contributed by atoms with E-state index in [1.165, 1.54) is 16.9 Å². The van der Waals surface area contributed by atoms with Crippen LogP contribution in [-0.2, 0) is 24.7 Å². The number of carbonyl (C=O) groups excluding carboxylic acids is 3. The molecule has 176 valence electrons. The zero-order valence-corrected chi connectivity index (χ0v) is 19.1. The Labute approximate surface area is 197 Å². The van der Waals surface area contributed by atoms with Gasteiger partial charge in [0.2, 0.25) is 0 Å². The number of benzene rings is 2. The fraction of sp³-hybridized carbons (Fsp3) is 0.269. The first-order valence-electron chi connectivity index (χ1n) is 10.9. The summed E-state index contributed by atoms with van der Waals surface area (Å²) < 4.78 is 10.6. The van der Waals surface area contributed by atoms with E-state index in [4.69, 9.17) is 9.47 Å². The van der Waals surface area contributed by atoms with Crippen LogP contribution in [-0.4, -0.2) is 61.5 Å². The summed E-state index contributed by atoms with van der Waals surface area (Å²) in [6, 6.07) is 13.4. The minimum Gasteiger partial charge on any atom is -0.507 e. The first kappa shape index (κ1) is 23.3. The Hall–Kier alpha value is -3.91. The standard InChI is InChI=1S/C26H26N2O6/c1-4-15-34-18-12-10-17(11-13-18)22(29)21-23(30)24(31)28(14-7-16-33-3)26(21)19-8-5-6-9-20(19)27(2)25(26)32/h4-6,8-13,29H,1,7,14-16H2,2-3H3/b22-21-. The Morgan fingerprint density at radius 2 is 1.82 bits per heavy atom. The summed E-state index contributed by atoms with van der Waals surface area (Å²) in [5.74, 6) is -2.07. The van der Waals surface area contributed by atoms with Crippen molar-refractivity contribution in [2.24, 2.45) is 0 Å². The van der Waals surface area contributed by atoms with Crippen LogP contribution in [0.3, 0.4) is 0 Å². The number of rotatable bonds is 8. The molecule has 1 N–H and O–H groups in total. The fourth-order valence-corrected chi connectivity index (χ4v) is 4.65. The number of carbonyl (C=O) groups is 3. The molecule has 0 saturated carbocycles. The van der Waals surface area contributed by atoms with Gasteiger partial charge in [-0.3, -0.25) is 14.4 Å². The zero-order chi connectivity index (χ0) is 24.5. The van der Waals surface area contributed by atoms with Gasteiger partial charge in [-0.25, -0.2) is 0 Å². The van der Waals surface area contributed by atoms with Gasteiger partial charge in [-0.05, 0) is 36.8 Å². The quantitative estimate of drug-likeness (QED) is 0.213.